The zero-order valence-corrected chi connectivity index (χ0v) is 11.8. The fourth-order valence-corrected chi connectivity index (χ4v) is 2.41. The Bertz CT molecular complexity index is 685. The van der Waals surface area contributed by atoms with Gasteiger partial charge in [0.05, 0.1) is 6.61 Å². The van der Waals surface area contributed by atoms with Gasteiger partial charge in [0.25, 0.3) is 0 Å². The van der Waals surface area contributed by atoms with Gasteiger partial charge in [0, 0.05) is 23.6 Å². The lowest BCUT2D eigenvalue weighted by Gasteiger charge is -2.07. The first-order valence-electron chi connectivity index (χ1n) is 7.12. The second-order valence-electron chi connectivity index (χ2n) is 5.00. The summed E-state index contributed by atoms with van der Waals surface area (Å²) in [6, 6.07) is 19.0. The van der Waals surface area contributed by atoms with E-state index in [4.69, 9.17) is 4.74 Å². The largest absolute Gasteiger partial charge is 0.494 e. The van der Waals surface area contributed by atoms with Crippen LogP contribution in [0.15, 0.2) is 60.8 Å². The highest BCUT2D eigenvalue weighted by atomic mass is 16.5. The summed E-state index contributed by atoms with van der Waals surface area (Å²) in [5.41, 5.74) is 2.56. The smallest absolute Gasteiger partial charge is 0.120 e. The molecular formula is C18H19NO. The third kappa shape index (κ3) is 2.69. The number of rotatable bonds is 5. The number of hydrogen-bond acceptors (Lipinski definition) is 1. The third-order valence-corrected chi connectivity index (χ3v) is 3.41. The molecule has 0 unspecified atom stereocenters. The highest BCUT2D eigenvalue weighted by Crippen LogP contribution is 2.23. The molecule has 2 heteroatoms. The molecule has 0 fully saturated rings. The first-order valence-corrected chi connectivity index (χ1v) is 7.12. The summed E-state index contributed by atoms with van der Waals surface area (Å²) in [7, 11) is 0. The van der Waals surface area contributed by atoms with Crippen LogP contribution in [0.4, 0.5) is 0 Å². The van der Waals surface area contributed by atoms with Gasteiger partial charge in [-0.15, -0.1) is 0 Å². The van der Waals surface area contributed by atoms with Gasteiger partial charge >= 0.3 is 0 Å². The minimum atomic E-state index is 0.774. The molecule has 0 aliphatic rings. The molecule has 1 aromatic heterocycles. The molecule has 0 saturated carbocycles. The summed E-state index contributed by atoms with van der Waals surface area (Å²) in [6.45, 7) is 3.80. The average molecular weight is 265 g/mol. The fourth-order valence-electron chi connectivity index (χ4n) is 2.41. The van der Waals surface area contributed by atoms with Gasteiger partial charge < -0.3 is 9.30 Å². The minimum Gasteiger partial charge on any atom is -0.494 e. The van der Waals surface area contributed by atoms with E-state index >= 15 is 0 Å². The SMILES string of the molecule is CCCOc1ccc2c(ccn2Cc2ccccc2)c1. The number of nitrogens with zero attached hydrogens (tertiary/aromatic N) is 1. The lowest BCUT2D eigenvalue weighted by Crippen LogP contribution is -1.98. The van der Waals surface area contributed by atoms with E-state index in [9.17, 15) is 0 Å². The second-order valence-corrected chi connectivity index (χ2v) is 5.00. The van der Waals surface area contributed by atoms with Gasteiger partial charge in [-0.1, -0.05) is 37.3 Å². The summed E-state index contributed by atoms with van der Waals surface area (Å²) in [5, 5.41) is 1.23. The first-order chi connectivity index (χ1) is 9.86. The van der Waals surface area contributed by atoms with E-state index in [1.165, 1.54) is 16.5 Å². The average Bonchev–Trinajstić information content (AvgIpc) is 2.89. The molecule has 20 heavy (non-hydrogen) atoms. The van der Waals surface area contributed by atoms with Crippen molar-refractivity contribution in [3.8, 4) is 5.75 Å². The van der Waals surface area contributed by atoms with Gasteiger partial charge in [0.15, 0.2) is 0 Å². The molecule has 3 rings (SSSR count). The number of fused-ring (bicyclic) bond motifs is 1. The highest BCUT2D eigenvalue weighted by molar-refractivity contribution is 5.81. The van der Waals surface area contributed by atoms with Crippen molar-refractivity contribution < 1.29 is 4.74 Å². The standard InChI is InChI=1S/C18H19NO/c1-2-12-20-17-8-9-18-16(13-17)10-11-19(18)14-15-6-4-3-5-7-15/h3-11,13H,2,12,14H2,1H3. The molecule has 0 atom stereocenters. The van der Waals surface area contributed by atoms with E-state index in [1.54, 1.807) is 0 Å². The van der Waals surface area contributed by atoms with E-state index in [1.807, 2.05) is 0 Å². The van der Waals surface area contributed by atoms with Crippen molar-refractivity contribution in [2.24, 2.45) is 0 Å². The van der Waals surface area contributed by atoms with Crippen molar-refractivity contribution in [3.63, 3.8) is 0 Å². The Kier molecular flexibility index (Phi) is 3.73. The molecule has 1 heterocycles. The third-order valence-electron chi connectivity index (χ3n) is 3.41. The van der Waals surface area contributed by atoms with Gasteiger partial charge in [-0.05, 0) is 36.2 Å². The summed E-state index contributed by atoms with van der Waals surface area (Å²) in [4.78, 5) is 0. The maximum absolute atomic E-state index is 5.68. The van der Waals surface area contributed by atoms with Crippen LogP contribution in [0.5, 0.6) is 5.75 Å². The Hall–Kier alpha value is -2.22. The number of hydrogen-bond donors (Lipinski definition) is 0. The van der Waals surface area contributed by atoms with Crippen molar-refractivity contribution >= 4 is 10.9 Å². The number of aromatic nitrogens is 1. The molecule has 102 valence electrons. The van der Waals surface area contributed by atoms with E-state index in [0.717, 1.165) is 25.3 Å². The number of benzene rings is 2. The molecule has 0 bridgehead atoms. The number of ether oxygens (including phenoxy) is 1. The van der Waals surface area contributed by atoms with E-state index in [2.05, 4.69) is 72.3 Å². The van der Waals surface area contributed by atoms with Crippen LogP contribution >= 0.6 is 0 Å². The Balaban J connectivity index is 1.86. The minimum absolute atomic E-state index is 0.774. The molecule has 0 N–H and O–H groups in total. The quantitative estimate of drug-likeness (QED) is 0.663. The van der Waals surface area contributed by atoms with E-state index in [-0.39, 0.29) is 0 Å². The lowest BCUT2D eigenvalue weighted by atomic mass is 10.2. The summed E-state index contributed by atoms with van der Waals surface area (Å²) >= 11 is 0. The van der Waals surface area contributed by atoms with Crippen LogP contribution in [0.25, 0.3) is 10.9 Å². The van der Waals surface area contributed by atoms with Crippen LogP contribution in [0, 0.1) is 0 Å². The van der Waals surface area contributed by atoms with Gasteiger partial charge in [-0.3, -0.25) is 0 Å². The monoisotopic (exact) mass is 265 g/mol. The molecule has 0 aliphatic carbocycles. The van der Waals surface area contributed by atoms with Crippen LogP contribution in [0.2, 0.25) is 0 Å². The van der Waals surface area contributed by atoms with Gasteiger partial charge in [-0.2, -0.15) is 0 Å². The molecule has 0 aliphatic heterocycles. The predicted molar refractivity (Wildman–Crippen MR) is 83.3 cm³/mol. The van der Waals surface area contributed by atoms with Crippen molar-refractivity contribution in [1.29, 1.82) is 0 Å². The first kappa shape index (κ1) is 12.8. The van der Waals surface area contributed by atoms with Crippen molar-refractivity contribution in [1.82, 2.24) is 4.57 Å². The zero-order chi connectivity index (χ0) is 13.8. The summed E-state index contributed by atoms with van der Waals surface area (Å²) in [5.74, 6) is 0.955. The van der Waals surface area contributed by atoms with Crippen molar-refractivity contribution in [3.05, 3.63) is 66.4 Å². The zero-order valence-electron chi connectivity index (χ0n) is 11.8. The fraction of sp³-hybridized carbons (Fsp3) is 0.222. The molecule has 0 amide bonds. The van der Waals surface area contributed by atoms with Crippen LogP contribution < -0.4 is 4.74 Å². The molecule has 2 aromatic carbocycles. The topological polar surface area (TPSA) is 14.2 Å². The second kappa shape index (κ2) is 5.83. The molecule has 2 nitrogen and oxygen atoms in total. The van der Waals surface area contributed by atoms with Crippen LogP contribution in [0.3, 0.4) is 0 Å². The van der Waals surface area contributed by atoms with E-state index < -0.39 is 0 Å². The molecule has 0 radical (unpaired) electrons. The summed E-state index contributed by atoms with van der Waals surface area (Å²) < 4.78 is 7.95. The van der Waals surface area contributed by atoms with Crippen molar-refractivity contribution in [2.45, 2.75) is 19.9 Å². The maximum atomic E-state index is 5.68. The molecule has 3 aromatic rings. The summed E-state index contributed by atoms with van der Waals surface area (Å²) in [6.07, 6.45) is 3.17. The lowest BCUT2D eigenvalue weighted by molar-refractivity contribution is 0.318. The Morgan fingerprint density at radius 1 is 1.00 bits per heavy atom. The Labute approximate surface area is 119 Å². The Morgan fingerprint density at radius 2 is 1.85 bits per heavy atom. The van der Waals surface area contributed by atoms with E-state index in [0.29, 0.717) is 0 Å². The van der Waals surface area contributed by atoms with Gasteiger partial charge in [-0.25, -0.2) is 0 Å². The van der Waals surface area contributed by atoms with Gasteiger partial charge in [0.1, 0.15) is 5.75 Å². The predicted octanol–water partition coefficient (Wildman–Crippen LogP) is 4.48. The normalized spacial score (nSPS) is 10.8. The highest BCUT2D eigenvalue weighted by Gasteiger charge is 2.03. The Morgan fingerprint density at radius 3 is 2.65 bits per heavy atom. The van der Waals surface area contributed by atoms with Gasteiger partial charge in [0.2, 0.25) is 0 Å². The van der Waals surface area contributed by atoms with Crippen LogP contribution in [0.1, 0.15) is 18.9 Å². The maximum Gasteiger partial charge on any atom is 0.120 e. The molecule has 0 saturated heterocycles. The molecular weight excluding hydrogens is 246 g/mol. The molecule has 0 spiro atoms. The van der Waals surface area contributed by atoms with Crippen LogP contribution in [-0.4, -0.2) is 11.2 Å². The van der Waals surface area contributed by atoms with Crippen LogP contribution in [-0.2, 0) is 6.54 Å². The van der Waals surface area contributed by atoms with Crippen molar-refractivity contribution in [2.75, 3.05) is 6.61 Å².